The van der Waals surface area contributed by atoms with Crippen molar-refractivity contribution in [3.8, 4) is 0 Å². The van der Waals surface area contributed by atoms with Gasteiger partial charge in [-0.05, 0) is 62.7 Å². The van der Waals surface area contributed by atoms with Crippen LogP contribution in [0.15, 0.2) is 30.3 Å². The Kier molecular flexibility index (Phi) is 6.09. The summed E-state index contributed by atoms with van der Waals surface area (Å²) in [7, 11) is 0. The average molecular weight is 293 g/mol. The second-order valence-electron chi connectivity index (χ2n) is 5.08. The zero-order chi connectivity index (χ0) is 14.2. The number of likely N-dealkylation sites (tertiary alicyclic amines) is 1. The molecule has 3 nitrogen and oxygen atoms in total. The number of carbonyl (C=O) groups is 1. The first-order valence-corrected chi connectivity index (χ1v) is 7.56. The predicted octanol–water partition coefficient (Wildman–Crippen LogP) is 2.96. The summed E-state index contributed by atoms with van der Waals surface area (Å²) in [5, 5.41) is 3.61. The zero-order valence-electron chi connectivity index (χ0n) is 11.6. The highest BCUT2D eigenvalue weighted by Gasteiger charge is 2.10. The maximum Gasteiger partial charge on any atom is 0.243 e. The van der Waals surface area contributed by atoms with E-state index in [4.69, 9.17) is 11.6 Å². The standard InChI is InChI=1S/C16H21ClN2O/c17-15-7-4-14(5-8-15)6-9-16(20)18-10-3-13-19-11-1-2-12-19/h4-9H,1-3,10-13H2,(H,18,20)/b9-6+. The van der Waals surface area contributed by atoms with E-state index in [1.165, 1.54) is 25.9 Å². The molecule has 1 N–H and O–H groups in total. The molecular formula is C16H21ClN2O. The summed E-state index contributed by atoms with van der Waals surface area (Å²) in [6.45, 7) is 4.25. The van der Waals surface area contributed by atoms with E-state index in [0.717, 1.165) is 25.1 Å². The molecule has 0 radical (unpaired) electrons. The Hall–Kier alpha value is -1.32. The lowest BCUT2D eigenvalue weighted by Gasteiger charge is -2.13. The number of amides is 1. The summed E-state index contributed by atoms with van der Waals surface area (Å²) in [6, 6.07) is 7.41. The van der Waals surface area contributed by atoms with Crippen molar-refractivity contribution in [2.45, 2.75) is 19.3 Å². The van der Waals surface area contributed by atoms with E-state index in [1.807, 2.05) is 24.3 Å². The SMILES string of the molecule is O=C(/C=C/c1ccc(Cl)cc1)NCCCN1CCCC1. The Morgan fingerprint density at radius 3 is 2.65 bits per heavy atom. The Bertz CT molecular complexity index is 450. The van der Waals surface area contributed by atoms with E-state index in [9.17, 15) is 4.79 Å². The molecular weight excluding hydrogens is 272 g/mol. The fourth-order valence-electron chi connectivity index (χ4n) is 2.33. The van der Waals surface area contributed by atoms with Crippen LogP contribution in [0.5, 0.6) is 0 Å². The Morgan fingerprint density at radius 2 is 1.95 bits per heavy atom. The van der Waals surface area contributed by atoms with Crippen LogP contribution in [-0.2, 0) is 4.79 Å². The summed E-state index contributed by atoms with van der Waals surface area (Å²) in [5.41, 5.74) is 0.974. The van der Waals surface area contributed by atoms with Gasteiger partial charge in [-0.25, -0.2) is 0 Å². The van der Waals surface area contributed by atoms with E-state index in [1.54, 1.807) is 12.2 Å². The zero-order valence-corrected chi connectivity index (χ0v) is 12.4. The van der Waals surface area contributed by atoms with Crippen molar-refractivity contribution in [2.24, 2.45) is 0 Å². The van der Waals surface area contributed by atoms with Gasteiger partial charge in [0.2, 0.25) is 5.91 Å². The largest absolute Gasteiger partial charge is 0.353 e. The Balaban J connectivity index is 1.63. The minimum absolute atomic E-state index is 0.0404. The quantitative estimate of drug-likeness (QED) is 0.646. The van der Waals surface area contributed by atoms with Crippen molar-refractivity contribution in [3.05, 3.63) is 40.9 Å². The van der Waals surface area contributed by atoms with Crippen molar-refractivity contribution in [2.75, 3.05) is 26.2 Å². The molecule has 0 aromatic heterocycles. The maximum absolute atomic E-state index is 11.6. The minimum Gasteiger partial charge on any atom is -0.353 e. The normalized spacial score (nSPS) is 15.8. The molecule has 4 heteroatoms. The molecule has 2 rings (SSSR count). The third-order valence-corrected chi connectivity index (χ3v) is 3.70. The van der Waals surface area contributed by atoms with E-state index >= 15 is 0 Å². The maximum atomic E-state index is 11.6. The lowest BCUT2D eigenvalue weighted by molar-refractivity contribution is -0.116. The number of halogens is 1. The number of nitrogens with one attached hydrogen (secondary N) is 1. The number of nitrogens with zero attached hydrogens (tertiary/aromatic N) is 1. The molecule has 0 bridgehead atoms. The van der Waals surface area contributed by atoms with Gasteiger partial charge in [0, 0.05) is 17.6 Å². The average Bonchev–Trinajstić information content (AvgIpc) is 2.96. The molecule has 1 aliphatic rings. The first-order chi connectivity index (χ1) is 9.74. The van der Waals surface area contributed by atoms with Crippen LogP contribution < -0.4 is 5.32 Å². The van der Waals surface area contributed by atoms with Crippen molar-refractivity contribution in [1.29, 1.82) is 0 Å². The minimum atomic E-state index is -0.0404. The van der Waals surface area contributed by atoms with Gasteiger partial charge >= 0.3 is 0 Å². The summed E-state index contributed by atoms with van der Waals surface area (Å²) in [5.74, 6) is -0.0404. The van der Waals surface area contributed by atoms with Crippen LogP contribution >= 0.6 is 11.6 Å². The number of hydrogen-bond donors (Lipinski definition) is 1. The summed E-state index contributed by atoms with van der Waals surface area (Å²) in [4.78, 5) is 14.1. The number of hydrogen-bond acceptors (Lipinski definition) is 2. The van der Waals surface area contributed by atoms with Crippen LogP contribution in [-0.4, -0.2) is 37.0 Å². The van der Waals surface area contributed by atoms with E-state index < -0.39 is 0 Å². The van der Waals surface area contributed by atoms with E-state index in [2.05, 4.69) is 10.2 Å². The smallest absolute Gasteiger partial charge is 0.243 e. The highest BCUT2D eigenvalue weighted by molar-refractivity contribution is 6.30. The van der Waals surface area contributed by atoms with Gasteiger partial charge in [-0.1, -0.05) is 23.7 Å². The molecule has 1 fully saturated rings. The van der Waals surface area contributed by atoms with E-state index in [0.29, 0.717) is 5.02 Å². The summed E-state index contributed by atoms with van der Waals surface area (Å²) in [6.07, 6.45) is 7.01. The van der Waals surface area contributed by atoms with Crippen molar-refractivity contribution < 1.29 is 4.79 Å². The van der Waals surface area contributed by atoms with Crippen LogP contribution in [0.3, 0.4) is 0 Å². The molecule has 0 aliphatic carbocycles. The summed E-state index contributed by atoms with van der Waals surface area (Å²) >= 11 is 5.81. The first kappa shape index (κ1) is 15.1. The monoisotopic (exact) mass is 292 g/mol. The van der Waals surface area contributed by atoms with Crippen LogP contribution in [0.1, 0.15) is 24.8 Å². The van der Waals surface area contributed by atoms with E-state index in [-0.39, 0.29) is 5.91 Å². The topological polar surface area (TPSA) is 32.3 Å². The molecule has 0 spiro atoms. The van der Waals surface area contributed by atoms with Crippen LogP contribution in [0.25, 0.3) is 6.08 Å². The highest BCUT2D eigenvalue weighted by atomic mass is 35.5. The Morgan fingerprint density at radius 1 is 1.25 bits per heavy atom. The molecule has 1 amide bonds. The predicted molar refractivity (Wildman–Crippen MR) is 83.8 cm³/mol. The van der Waals surface area contributed by atoms with Gasteiger partial charge in [-0.15, -0.1) is 0 Å². The van der Waals surface area contributed by atoms with Crippen molar-refractivity contribution in [3.63, 3.8) is 0 Å². The van der Waals surface area contributed by atoms with Gasteiger partial charge < -0.3 is 10.2 Å². The number of benzene rings is 1. The van der Waals surface area contributed by atoms with Gasteiger partial charge in [0.15, 0.2) is 0 Å². The van der Waals surface area contributed by atoms with Gasteiger partial charge in [0.25, 0.3) is 0 Å². The fourth-order valence-corrected chi connectivity index (χ4v) is 2.45. The molecule has 0 saturated carbocycles. The van der Waals surface area contributed by atoms with Gasteiger partial charge in [0.1, 0.15) is 0 Å². The van der Waals surface area contributed by atoms with Crippen molar-refractivity contribution in [1.82, 2.24) is 10.2 Å². The van der Waals surface area contributed by atoms with Crippen LogP contribution in [0, 0.1) is 0 Å². The second-order valence-corrected chi connectivity index (χ2v) is 5.51. The molecule has 0 atom stereocenters. The third-order valence-electron chi connectivity index (χ3n) is 3.45. The van der Waals surface area contributed by atoms with Gasteiger partial charge in [-0.2, -0.15) is 0 Å². The lowest BCUT2D eigenvalue weighted by Crippen LogP contribution is -2.27. The molecule has 1 aromatic carbocycles. The number of carbonyl (C=O) groups excluding carboxylic acids is 1. The van der Waals surface area contributed by atoms with Gasteiger partial charge in [-0.3, -0.25) is 4.79 Å². The molecule has 1 saturated heterocycles. The van der Waals surface area contributed by atoms with Crippen molar-refractivity contribution >= 4 is 23.6 Å². The molecule has 1 aliphatic heterocycles. The molecule has 0 unspecified atom stereocenters. The third kappa shape index (κ3) is 5.35. The first-order valence-electron chi connectivity index (χ1n) is 7.18. The van der Waals surface area contributed by atoms with Crippen LogP contribution in [0.2, 0.25) is 5.02 Å². The van der Waals surface area contributed by atoms with Crippen LogP contribution in [0.4, 0.5) is 0 Å². The molecule has 20 heavy (non-hydrogen) atoms. The molecule has 1 aromatic rings. The highest BCUT2D eigenvalue weighted by Crippen LogP contribution is 2.10. The Labute approximate surface area is 125 Å². The second kappa shape index (κ2) is 8.08. The number of rotatable bonds is 6. The fraction of sp³-hybridized carbons (Fsp3) is 0.438. The lowest BCUT2D eigenvalue weighted by atomic mass is 10.2. The molecule has 108 valence electrons. The molecule has 1 heterocycles. The van der Waals surface area contributed by atoms with Gasteiger partial charge in [0.05, 0.1) is 0 Å². The summed E-state index contributed by atoms with van der Waals surface area (Å²) < 4.78 is 0.